The number of likely N-dealkylation sites (tertiary alicyclic amines) is 1. The van der Waals surface area contributed by atoms with E-state index in [1.54, 1.807) is 0 Å². The average Bonchev–Trinajstić information content (AvgIpc) is 2.37. The van der Waals surface area contributed by atoms with Gasteiger partial charge in [0.05, 0.1) is 0 Å². The number of halogens is 1. The van der Waals surface area contributed by atoms with Crippen molar-refractivity contribution in [1.29, 1.82) is 0 Å². The summed E-state index contributed by atoms with van der Waals surface area (Å²) >= 11 is 5.86. The van der Waals surface area contributed by atoms with Crippen LogP contribution in [0, 0.1) is 0 Å². The van der Waals surface area contributed by atoms with Gasteiger partial charge in [0.15, 0.2) is 0 Å². The summed E-state index contributed by atoms with van der Waals surface area (Å²) in [4.78, 5) is 2.29. The molecule has 1 nitrogen and oxygen atoms in total. The van der Waals surface area contributed by atoms with Crippen LogP contribution in [0.1, 0.15) is 41.0 Å². The van der Waals surface area contributed by atoms with E-state index in [1.807, 2.05) is 27.7 Å². The van der Waals surface area contributed by atoms with Gasteiger partial charge in [-0.05, 0) is 20.4 Å². The molecule has 0 spiro atoms. The average molecular weight is 194 g/mol. The molecule has 2 unspecified atom stereocenters. The van der Waals surface area contributed by atoms with Crippen LogP contribution in [0.5, 0.6) is 0 Å². The molecule has 1 aliphatic rings. The largest absolute Gasteiger partial charge is 0.302 e. The first-order chi connectivity index (χ1) is 5.70. The van der Waals surface area contributed by atoms with Crippen LogP contribution in [0.15, 0.2) is 0 Å². The molecule has 0 radical (unpaired) electrons. The number of hydrogen-bond acceptors (Lipinski definition) is 1. The Hall–Kier alpha value is 0.250. The third kappa shape index (κ3) is 5.84. The summed E-state index contributed by atoms with van der Waals surface area (Å²) in [7, 11) is 2.12. The molecule has 0 amide bonds. The van der Waals surface area contributed by atoms with E-state index >= 15 is 0 Å². The van der Waals surface area contributed by atoms with E-state index in [-0.39, 0.29) is 0 Å². The highest BCUT2D eigenvalue weighted by molar-refractivity contribution is 6.21. The third-order valence-corrected chi connectivity index (χ3v) is 2.15. The molecule has 0 aromatic carbocycles. The second-order valence-corrected chi connectivity index (χ2v) is 3.24. The topological polar surface area (TPSA) is 3.24 Å². The monoisotopic (exact) mass is 193 g/mol. The molecule has 0 saturated carbocycles. The SMILES string of the molecule is CC.CC.CC1CC(Cl)CN1C. The van der Waals surface area contributed by atoms with Crippen LogP contribution in [0.3, 0.4) is 0 Å². The van der Waals surface area contributed by atoms with Gasteiger partial charge in [-0.2, -0.15) is 0 Å². The predicted octanol–water partition coefficient (Wildman–Crippen LogP) is 3.37. The summed E-state index contributed by atoms with van der Waals surface area (Å²) in [5.74, 6) is 0. The van der Waals surface area contributed by atoms with Gasteiger partial charge in [0, 0.05) is 18.0 Å². The van der Waals surface area contributed by atoms with Crippen LogP contribution in [0.2, 0.25) is 0 Å². The van der Waals surface area contributed by atoms with Crippen LogP contribution in [0.4, 0.5) is 0 Å². The van der Waals surface area contributed by atoms with Gasteiger partial charge >= 0.3 is 0 Å². The minimum atomic E-state index is 0.398. The van der Waals surface area contributed by atoms with E-state index in [0.29, 0.717) is 11.4 Å². The smallest absolute Gasteiger partial charge is 0.0477 e. The highest BCUT2D eigenvalue weighted by Gasteiger charge is 2.23. The zero-order chi connectivity index (χ0) is 10.1. The van der Waals surface area contributed by atoms with Crippen LogP contribution in [0.25, 0.3) is 0 Å². The van der Waals surface area contributed by atoms with Gasteiger partial charge in [0.1, 0.15) is 0 Å². The van der Waals surface area contributed by atoms with Crippen molar-refractivity contribution >= 4 is 11.6 Å². The summed E-state index contributed by atoms with van der Waals surface area (Å²) in [5.41, 5.74) is 0. The second-order valence-electron chi connectivity index (χ2n) is 2.62. The Morgan fingerprint density at radius 3 is 1.67 bits per heavy atom. The van der Waals surface area contributed by atoms with Gasteiger partial charge in [0.25, 0.3) is 0 Å². The fourth-order valence-corrected chi connectivity index (χ4v) is 1.59. The van der Waals surface area contributed by atoms with E-state index in [0.717, 1.165) is 13.0 Å². The maximum atomic E-state index is 5.86. The van der Waals surface area contributed by atoms with Gasteiger partial charge in [-0.15, -0.1) is 11.6 Å². The molecule has 1 fully saturated rings. The van der Waals surface area contributed by atoms with Gasteiger partial charge in [-0.25, -0.2) is 0 Å². The van der Waals surface area contributed by atoms with Gasteiger partial charge < -0.3 is 4.90 Å². The summed E-state index contributed by atoms with van der Waals surface area (Å²) in [5, 5.41) is 0.398. The van der Waals surface area contributed by atoms with Gasteiger partial charge in [-0.1, -0.05) is 27.7 Å². The van der Waals surface area contributed by atoms with Crippen LogP contribution in [-0.2, 0) is 0 Å². The standard InChI is InChI=1S/C6H12ClN.2C2H6/c1-5-3-6(7)4-8(5)2;2*1-2/h5-6H,3-4H2,1-2H3;2*1-2H3. The Balaban J connectivity index is 0. The number of hydrogen-bond donors (Lipinski definition) is 0. The molecule has 76 valence electrons. The Labute approximate surface area is 83.1 Å². The Bertz CT molecular complexity index is 75.9. The first-order valence-corrected chi connectivity index (χ1v) is 5.48. The van der Waals surface area contributed by atoms with E-state index in [1.165, 1.54) is 0 Å². The molecule has 0 N–H and O–H groups in total. The number of nitrogens with zero attached hydrogens (tertiary/aromatic N) is 1. The molecule has 0 bridgehead atoms. The van der Waals surface area contributed by atoms with E-state index < -0.39 is 0 Å². The minimum Gasteiger partial charge on any atom is -0.302 e. The third-order valence-electron chi connectivity index (χ3n) is 1.84. The highest BCUT2D eigenvalue weighted by Crippen LogP contribution is 2.18. The lowest BCUT2D eigenvalue weighted by atomic mass is 10.2. The second kappa shape index (κ2) is 9.34. The molecule has 1 heterocycles. The van der Waals surface area contributed by atoms with Crippen molar-refractivity contribution < 1.29 is 0 Å². The number of alkyl halides is 1. The Morgan fingerprint density at radius 2 is 1.58 bits per heavy atom. The molecule has 1 rings (SSSR count). The quantitative estimate of drug-likeness (QED) is 0.534. The van der Waals surface area contributed by atoms with Crippen molar-refractivity contribution in [2.45, 2.75) is 52.5 Å². The predicted molar refractivity (Wildman–Crippen MR) is 59.0 cm³/mol. The Kier molecular flexibility index (Phi) is 11.5. The maximum Gasteiger partial charge on any atom is 0.0477 e. The maximum absolute atomic E-state index is 5.86. The van der Waals surface area contributed by atoms with Crippen LogP contribution < -0.4 is 0 Å². The molecule has 2 heteroatoms. The lowest BCUT2D eigenvalue weighted by Crippen LogP contribution is -2.21. The first-order valence-electron chi connectivity index (χ1n) is 5.04. The molecule has 2 atom stereocenters. The summed E-state index contributed by atoms with van der Waals surface area (Å²) in [6, 6.07) is 0.692. The Morgan fingerprint density at radius 1 is 1.17 bits per heavy atom. The van der Waals surface area contributed by atoms with Crippen LogP contribution >= 0.6 is 11.6 Å². The lowest BCUT2D eigenvalue weighted by molar-refractivity contribution is 0.331. The van der Waals surface area contributed by atoms with Gasteiger partial charge in [-0.3, -0.25) is 0 Å². The van der Waals surface area contributed by atoms with Crippen molar-refractivity contribution in [3.63, 3.8) is 0 Å². The molecule has 0 aromatic heterocycles. The van der Waals surface area contributed by atoms with E-state index in [4.69, 9.17) is 11.6 Å². The van der Waals surface area contributed by atoms with E-state index in [2.05, 4.69) is 18.9 Å². The molecule has 12 heavy (non-hydrogen) atoms. The van der Waals surface area contributed by atoms with Gasteiger partial charge in [0.2, 0.25) is 0 Å². The van der Waals surface area contributed by atoms with E-state index in [9.17, 15) is 0 Å². The van der Waals surface area contributed by atoms with Crippen LogP contribution in [-0.4, -0.2) is 29.9 Å². The van der Waals surface area contributed by atoms with Crippen molar-refractivity contribution in [2.75, 3.05) is 13.6 Å². The van der Waals surface area contributed by atoms with Crippen molar-refractivity contribution in [2.24, 2.45) is 0 Å². The van der Waals surface area contributed by atoms with Crippen molar-refractivity contribution in [3.8, 4) is 0 Å². The zero-order valence-corrected chi connectivity index (χ0v) is 10.2. The highest BCUT2D eigenvalue weighted by atomic mass is 35.5. The minimum absolute atomic E-state index is 0.398. The summed E-state index contributed by atoms with van der Waals surface area (Å²) in [6.07, 6.45) is 1.15. The molecular weight excluding hydrogens is 170 g/mol. The zero-order valence-electron chi connectivity index (χ0n) is 9.39. The summed E-state index contributed by atoms with van der Waals surface area (Å²) < 4.78 is 0. The normalized spacial score (nSPS) is 28.2. The number of rotatable bonds is 0. The molecule has 0 aromatic rings. The fourth-order valence-electron chi connectivity index (χ4n) is 1.12. The lowest BCUT2D eigenvalue weighted by Gasteiger charge is -2.11. The molecular formula is C10H24ClN. The van der Waals surface area contributed by atoms with Crippen molar-refractivity contribution in [1.82, 2.24) is 4.90 Å². The molecule has 1 saturated heterocycles. The first kappa shape index (κ1) is 14.8. The molecule has 1 aliphatic heterocycles. The fraction of sp³-hybridized carbons (Fsp3) is 1.00. The molecule has 0 aliphatic carbocycles. The van der Waals surface area contributed by atoms with Crippen molar-refractivity contribution in [3.05, 3.63) is 0 Å². The summed E-state index contributed by atoms with van der Waals surface area (Å²) in [6.45, 7) is 11.3.